The molecule has 0 unspecified atom stereocenters. The lowest BCUT2D eigenvalue weighted by atomic mass is 10.1. The molecule has 0 aliphatic carbocycles. The van der Waals surface area contributed by atoms with Gasteiger partial charge in [0.15, 0.2) is 11.9 Å². The topological polar surface area (TPSA) is 97.8 Å². The molecule has 0 saturated heterocycles. The van der Waals surface area contributed by atoms with Crippen LogP contribution >= 0.6 is 0 Å². The van der Waals surface area contributed by atoms with Gasteiger partial charge in [-0.3, -0.25) is 16.1 Å². The minimum atomic E-state index is -0.277. The van der Waals surface area contributed by atoms with Crippen LogP contribution in [0.5, 0.6) is 0 Å². The molecule has 0 atom stereocenters. The second-order valence-electron chi connectivity index (χ2n) is 3.66. The van der Waals surface area contributed by atoms with Crippen LogP contribution < -0.4 is 16.4 Å². The number of benzene rings is 1. The smallest absolute Gasteiger partial charge is 0.195 e. The Morgan fingerprint density at radius 3 is 2.71 bits per heavy atom. The Bertz CT molecular complexity index is 430. The Morgan fingerprint density at radius 2 is 2.12 bits per heavy atom. The van der Waals surface area contributed by atoms with Crippen molar-refractivity contribution in [1.29, 1.82) is 10.8 Å². The molecule has 0 bridgehead atoms. The number of hydrogen-bond acceptors (Lipinski definition) is 2. The Labute approximate surface area is 99.2 Å². The molecule has 1 aromatic carbocycles. The van der Waals surface area contributed by atoms with Gasteiger partial charge in [-0.05, 0) is 36.6 Å². The first-order valence-corrected chi connectivity index (χ1v) is 5.17. The average Bonchev–Trinajstić information content (AvgIpc) is 2.20. The second kappa shape index (κ2) is 5.83. The maximum Gasteiger partial charge on any atom is 0.195 e. The standard InChI is InChI=1S/C11H16FN5/c1-7-6-9(12)3-2-8(7)4-5-16-11(15)17-10(13)14/h2-3,6H,4-5H2,1H3,(H6,13,14,15,16,17). The van der Waals surface area contributed by atoms with Crippen LogP contribution in [0.4, 0.5) is 4.39 Å². The molecule has 0 radical (unpaired) electrons. The van der Waals surface area contributed by atoms with Crippen molar-refractivity contribution in [1.82, 2.24) is 10.6 Å². The molecule has 6 N–H and O–H groups in total. The summed E-state index contributed by atoms with van der Waals surface area (Å²) in [5, 5.41) is 19.4. The van der Waals surface area contributed by atoms with Gasteiger partial charge in [-0.15, -0.1) is 0 Å². The van der Waals surface area contributed by atoms with E-state index in [1.165, 1.54) is 12.1 Å². The molecule has 0 heterocycles. The summed E-state index contributed by atoms with van der Waals surface area (Å²) >= 11 is 0. The zero-order valence-electron chi connectivity index (χ0n) is 9.60. The van der Waals surface area contributed by atoms with Gasteiger partial charge in [0.2, 0.25) is 0 Å². The van der Waals surface area contributed by atoms with Crippen LogP contribution in [-0.2, 0) is 6.42 Å². The van der Waals surface area contributed by atoms with Crippen LogP contribution in [0, 0.1) is 23.6 Å². The van der Waals surface area contributed by atoms with E-state index in [0.29, 0.717) is 13.0 Å². The highest BCUT2D eigenvalue weighted by molar-refractivity contribution is 5.94. The van der Waals surface area contributed by atoms with Crippen LogP contribution in [0.3, 0.4) is 0 Å². The molecule has 0 aromatic heterocycles. The number of halogens is 1. The SMILES string of the molecule is Cc1cc(F)ccc1CCNC(=N)NC(=N)N. The summed E-state index contributed by atoms with van der Waals surface area (Å²) < 4.78 is 12.8. The van der Waals surface area contributed by atoms with Gasteiger partial charge in [-0.2, -0.15) is 0 Å². The van der Waals surface area contributed by atoms with Gasteiger partial charge in [0.1, 0.15) is 5.82 Å². The Hall–Kier alpha value is -2.11. The van der Waals surface area contributed by atoms with Crippen LogP contribution in [0.25, 0.3) is 0 Å². The predicted molar refractivity (Wildman–Crippen MR) is 65.6 cm³/mol. The van der Waals surface area contributed by atoms with Crippen molar-refractivity contribution in [2.45, 2.75) is 13.3 Å². The van der Waals surface area contributed by atoms with Gasteiger partial charge >= 0.3 is 0 Å². The average molecular weight is 237 g/mol. The molecule has 1 aromatic rings. The number of rotatable bonds is 3. The van der Waals surface area contributed by atoms with E-state index in [2.05, 4.69) is 10.6 Å². The largest absolute Gasteiger partial charge is 0.370 e. The van der Waals surface area contributed by atoms with E-state index in [1.807, 2.05) is 6.92 Å². The molecule has 1 rings (SSSR count). The van der Waals surface area contributed by atoms with Crippen molar-refractivity contribution in [3.8, 4) is 0 Å². The van der Waals surface area contributed by atoms with Gasteiger partial charge < -0.3 is 11.1 Å². The quantitative estimate of drug-likeness (QED) is 0.395. The summed E-state index contributed by atoms with van der Waals surface area (Å²) in [6.07, 6.45) is 0.675. The maximum absolute atomic E-state index is 12.8. The monoisotopic (exact) mass is 237 g/mol. The van der Waals surface area contributed by atoms with Crippen molar-refractivity contribution in [2.75, 3.05) is 6.54 Å². The zero-order chi connectivity index (χ0) is 12.8. The highest BCUT2D eigenvalue weighted by Gasteiger charge is 2.01. The van der Waals surface area contributed by atoms with Crippen LogP contribution in [0.15, 0.2) is 18.2 Å². The highest BCUT2D eigenvalue weighted by atomic mass is 19.1. The number of hydrogen-bond donors (Lipinski definition) is 5. The van der Waals surface area contributed by atoms with Crippen molar-refractivity contribution >= 4 is 11.9 Å². The van der Waals surface area contributed by atoms with E-state index in [0.717, 1.165) is 11.1 Å². The fraction of sp³-hybridized carbons (Fsp3) is 0.273. The summed E-state index contributed by atoms with van der Waals surface area (Å²) in [6, 6.07) is 4.63. The van der Waals surface area contributed by atoms with E-state index >= 15 is 0 Å². The van der Waals surface area contributed by atoms with Crippen molar-refractivity contribution in [2.24, 2.45) is 5.73 Å². The van der Waals surface area contributed by atoms with Gasteiger partial charge in [0.25, 0.3) is 0 Å². The first-order chi connectivity index (χ1) is 7.99. The fourth-order valence-electron chi connectivity index (χ4n) is 1.44. The van der Waals surface area contributed by atoms with Crippen molar-refractivity contribution in [3.05, 3.63) is 35.1 Å². The first kappa shape index (κ1) is 13.0. The van der Waals surface area contributed by atoms with Crippen molar-refractivity contribution < 1.29 is 4.39 Å². The lowest BCUT2D eigenvalue weighted by Crippen LogP contribution is -2.43. The molecule has 0 spiro atoms. The van der Waals surface area contributed by atoms with Crippen LogP contribution in [0.1, 0.15) is 11.1 Å². The number of guanidine groups is 2. The molecule has 0 aliphatic heterocycles. The fourth-order valence-corrected chi connectivity index (χ4v) is 1.44. The third-order valence-electron chi connectivity index (χ3n) is 2.26. The van der Waals surface area contributed by atoms with E-state index in [-0.39, 0.29) is 17.7 Å². The molecule has 0 aliphatic rings. The Balaban J connectivity index is 2.41. The lowest BCUT2D eigenvalue weighted by Gasteiger charge is -2.10. The molecule has 0 fully saturated rings. The molecule has 0 amide bonds. The Morgan fingerprint density at radius 1 is 1.41 bits per heavy atom. The van der Waals surface area contributed by atoms with E-state index < -0.39 is 0 Å². The normalized spacial score (nSPS) is 9.76. The molecule has 6 heteroatoms. The summed E-state index contributed by atoms with van der Waals surface area (Å²) in [6.45, 7) is 2.36. The Kier molecular flexibility index (Phi) is 4.45. The number of nitrogens with two attached hydrogens (primary N) is 1. The molecule has 17 heavy (non-hydrogen) atoms. The van der Waals surface area contributed by atoms with E-state index in [9.17, 15) is 4.39 Å². The van der Waals surface area contributed by atoms with Gasteiger partial charge in [0, 0.05) is 6.54 Å². The molecule has 92 valence electrons. The number of nitrogens with one attached hydrogen (secondary N) is 4. The van der Waals surface area contributed by atoms with Gasteiger partial charge in [-0.1, -0.05) is 6.07 Å². The molecule has 5 nitrogen and oxygen atoms in total. The summed E-state index contributed by atoms with van der Waals surface area (Å²) in [5.74, 6) is -0.539. The molecular weight excluding hydrogens is 221 g/mol. The zero-order valence-corrected chi connectivity index (χ0v) is 9.60. The maximum atomic E-state index is 12.8. The summed E-state index contributed by atoms with van der Waals surface area (Å²) in [5.41, 5.74) is 6.98. The van der Waals surface area contributed by atoms with E-state index in [4.69, 9.17) is 16.6 Å². The third-order valence-corrected chi connectivity index (χ3v) is 2.26. The molecular formula is C11H16FN5. The van der Waals surface area contributed by atoms with Crippen LogP contribution in [-0.4, -0.2) is 18.5 Å². The highest BCUT2D eigenvalue weighted by Crippen LogP contribution is 2.10. The number of aryl methyl sites for hydroxylation is 1. The summed E-state index contributed by atoms with van der Waals surface area (Å²) in [4.78, 5) is 0. The third kappa shape index (κ3) is 4.50. The van der Waals surface area contributed by atoms with Crippen LogP contribution in [0.2, 0.25) is 0 Å². The van der Waals surface area contributed by atoms with E-state index in [1.54, 1.807) is 6.07 Å². The molecule has 0 saturated carbocycles. The predicted octanol–water partition coefficient (Wildman–Crippen LogP) is 0.684. The summed E-state index contributed by atoms with van der Waals surface area (Å²) in [7, 11) is 0. The first-order valence-electron chi connectivity index (χ1n) is 5.17. The lowest BCUT2D eigenvalue weighted by molar-refractivity contribution is 0.625. The minimum Gasteiger partial charge on any atom is -0.370 e. The van der Waals surface area contributed by atoms with Crippen molar-refractivity contribution in [3.63, 3.8) is 0 Å². The van der Waals surface area contributed by atoms with Gasteiger partial charge in [-0.25, -0.2) is 4.39 Å². The van der Waals surface area contributed by atoms with Gasteiger partial charge in [0.05, 0.1) is 0 Å². The second-order valence-corrected chi connectivity index (χ2v) is 3.66. The minimum absolute atomic E-state index is 0.0164.